The van der Waals surface area contributed by atoms with Crippen molar-refractivity contribution in [3.05, 3.63) is 65.2 Å². The van der Waals surface area contributed by atoms with Crippen molar-refractivity contribution in [2.45, 2.75) is 39.3 Å². The molecule has 1 N–H and O–H groups in total. The third-order valence-corrected chi connectivity index (χ3v) is 5.23. The minimum atomic E-state index is 0.0321. The van der Waals surface area contributed by atoms with E-state index >= 15 is 0 Å². The first-order valence-corrected chi connectivity index (χ1v) is 9.83. The number of nitrogens with zero attached hydrogens (tertiary/aromatic N) is 1. The van der Waals surface area contributed by atoms with Crippen LogP contribution in [0.2, 0.25) is 0 Å². The average molecular weight is 367 g/mol. The lowest BCUT2D eigenvalue weighted by Crippen LogP contribution is -2.34. The average Bonchev–Trinajstić information content (AvgIpc) is 2.67. The topological polar surface area (TPSA) is 41.6 Å². The molecule has 1 heterocycles. The van der Waals surface area contributed by atoms with Gasteiger partial charge in [-0.2, -0.15) is 0 Å². The third kappa shape index (κ3) is 5.83. The van der Waals surface area contributed by atoms with Crippen LogP contribution in [0.5, 0.6) is 5.75 Å². The van der Waals surface area contributed by atoms with Gasteiger partial charge in [-0.15, -0.1) is 0 Å². The molecule has 0 aliphatic carbocycles. The molecule has 2 aromatic rings. The Labute approximate surface area is 162 Å². The van der Waals surface area contributed by atoms with Crippen LogP contribution in [0.25, 0.3) is 0 Å². The van der Waals surface area contributed by atoms with E-state index in [4.69, 9.17) is 4.74 Å². The van der Waals surface area contributed by atoms with Gasteiger partial charge in [0.05, 0.1) is 13.5 Å². The molecule has 1 fully saturated rings. The second-order valence-corrected chi connectivity index (χ2v) is 7.56. The highest BCUT2D eigenvalue weighted by Gasteiger charge is 2.17. The molecule has 1 amide bonds. The molecule has 4 heteroatoms. The Balaban J connectivity index is 1.56. The zero-order valence-corrected chi connectivity index (χ0v) is 16.4. The number of likely N-dealkylation sites (tertiary alicyclic amines) is 1. The Morgan fingerprint density at radius 2 is 2.00 bits per heavy atom. The summed E-state index contributed by atoms with van der Waals surface area (Å²) < 4.78 is 5.22. The van der Waals surface area contributed by atoms with Gasteiger partial charge in [0.25, 0.3) is 0 Å². The maximum absolute atomic E-state index is 12.4. The molecule has 0 aromatic heterocycles. The lowest BCUT2D eigenvalue weighted by molar-refractivity contribution is -0.120. The molecular formula is C23H30N2O2. The molecule has 1 unspecified atom stereocenters. The van der Waals surface area contributed by atoms with E-state index in [2.05, 4.69) is 35.3 Å². The number of ether oxygens (including phenoxy) is 1. The molecule has 1 aliphatic rings. The lowest BCUT2D eigenvalue weighted by Gasteiger charge is -2.31. The minimum absolute atomic E-state index is 0.0321. The van der Waals surface area contributed by atoms with Crippen LogP contribution in [0.15, 0.2) is 48.5 Å². The van der Waals surface area contributed by atoms with Crippen molar-refractivity contribution in [3.63, 3.8) is 0 Å². The van der Waals surface area contributed by atoms with Crippen LogP contribution in [0.4, 0.5) is 0 Å². The predicted octanol–water partition coefficient (Wildman–Crippen LogP) is 3.79. The summed E-state index contributed by atoms with van der Waals surface area (Å²) in [5.74, 6) is 1.58. The SMILES string of the molecule is COc1cccc(CC(=O)NCc2ccccc2CN2CCCC(C)C2)c1. The van der Waals surface area contributed by atoms with Crippen LogP contribution in [0.3, 0.4) is 0 Å². The molecule has 0 spiro atoms. The van der Waals surface area contributed by atoms with Crippen LogP contribution < -0.4 is 10.1 Å². The molecule has 1 aliphatic heterocycles. The maximum Gasteiger partial charge on any atom is 0.224 e. The molecule has 0 saturated carbocycles. The number of hydrogen-bond donors (Lipinski definition) is 1. The number of nitrogens with one attached hydrogen (secondary N) is 1. The van der Waals surface area contributed by atoms with Crippen molar-refractivity contribution in [1.82, 2.24) is 10.2 Å². The van der Waals surface area contributed by atoms with Gasteiger partial charge in [-0.05, 0) is 54.1 Å². The second kappa shape index (κ2) is 9.56. The largest absolute Gasteiger partial charge is 0.497 e. The zero-order valence-electron chi connectivity index (χ0n) is 16.4. The van der Waals surface area contributed by atoms with E-state index < -0.39 is 0 Å². The predicted molar refractivity (Wildman–Crippen MR) is 109 cm³/mol. The molecule has 144 valence electrons. The van der Waals surface area contributed by atoms with Gasteiger partial charge in [-0.1, -0.05) is 43.3 Å². The van der Waals surface area contributed by atoms with Gasteiger partial charge >= 0.3 is 0 Å². The van der Waals surface area contributed by atoms with Crippen LogP contribution in [-0.4, -0.2) is 31.0 Å². The van der Waals surface area contributed by atoms with E-state index in [1.807, 2.05) is 30.3 Å². The van der Waals surface area contributed by atoms with E-state index in [9.17, 15) is 4.79 Å². The number of hydrogen-bond acceptors (Lipinski definition) is 3. The molecule has 0 bridgehead atoms. The maximum atomic E-state index is 12.4. The molecule has 1 saturated heterocycles. The summed E-state index contributed by atoms with van der Waals surface area (Å²) in [6, 6.07) is 16.1. The quantitative estimate of drug-likeness (QED) is 0.811. The Bertz CT molecular complexity index is 760. The van der Waals surface area contributed by atoms with Crippen LogP contribution in [0.1, 0.15) is 36.5 Å². The van der Waals surface area contributed by atoms with Crippen molar-refractivity contribution >= 4 is 5.91 Å². The van der Waals surface area contributed by atoms with Crippen molar-refractivity contribution in [1.29, 1.82) is 0 Å². The van der Waals surface area contributed by atoms with Crippen LogP contribution >= 0.6 is 0 Å². The fourth-order valence-electron chi connectivity index (χ4n) is 3.78. The fraction of sp³-hybridized carbons (Fsp3) is 0.435. The van der Waals surface area contributed by atoms with Gasteiger partial charge in [-0.25, -0.2) is 0 Å². The third-order valence-electron chi connectivity index (χ3n) is 5.23. The fourth-order valence-corrected chi connectivity index (χ4v) is 3.78. The smallest absolute Gasteiger partial charge is 0.224 e. The number of methoxy groups -OCH3 is 1. The summed E-state index contributed by atoms with van der Waals surface area (Å²) in [7, 11) is 1.64. The summed E-state index contributed by atoms with van der Waals surface area (Å²) in [5.41, 5.74) is 3.48. The molecule has 1 atom stereocenters. The van der Waals surface area contributed by atoms with Crippen LogP contribution in [0, 0.1) is 5.92 Å². The van der Waals surface area contributed by atoms with Gasteiger partial charge in [0.1, 0.15) is 5.75 Å². The number of amides is 1. The monoisotopic (exact) mass is 366 g/mol. The number of rotatable bonds is 7. The van der Waals surface area contributed by atoms with Crippen molar-refractivity contribution in [2.24, 2.45) is 5.92 Å². The van der Waals surface area contributed by atoms with Gasteiger partial charge in [0.15, 0.2) is 0 Å². The number of carbonyl (C=O) groups is 1. The first kappa shape index (κ1) is 19.4. The van der Waals surface area contributed by atoms with Gasteiger partial charge in [-0.3, -0.25) is 9.69 Å². The highest BCUT2D eigenvalue weighted by molar-refractivity contribution is 5.78. The van der Waals surface area contributed by atoms with E-state index in [0.717, 1.165) is 30.3 Å². The van der Waals surface area contributed by atoms with E-state index in [1.165, 1.54) is 30.5 Å². The Kier molecular flexibility index (Phi) is 6.88. The molecule has 27 heavy (non-hydrogen) atoms. The summed E-state index contributed by atoms with van der Waals surface area (Å²) in [6.07, 6.45) is 2.97. The first-order valence-electron chi connectivity index (χ1n) is 9.83. The molecule has 4 nitrogen and oxygen atoms in total. The van der Waals surface area contributed by atoms with E-state index in [-0.39, 0.29) is 5.91 Å². The minimum Gasteiger partial charge on any atom is -0.497 e. The Morgan fingerprint density at radius 1 is 1.19 bits per heavy atom. The molecule has 3 rings (SSSR count). The van der Waals surface area contributed by atoms with Crippen LogP contribution in [-0.2, 0) is 24.3 Å². The lowest BCUT2D eigenvalue weighted by atomic mass is 9.99. The number of carbonyl (C=O) groups excluding carboxylic acids is 1. The Morgan fingerprint density at radius 3 is 2.78 bits per heavy atom. The molecular weight excluding hydrogens is 336 g/mol. The first-order chi connectivity index (χ1) is 13.1. The van der Waals surface area contributed by atoms with Gasteiger partial charge in [0.2, 0.25) is 5.91 Å². The summed E-state index contributed by atoms with van der Waals surface area (Å²) in [6.45, 7) is 6.20. The van der Waals surface area contributed by atoms with E-state index in [0.29, 0.717) is 13.0 Å². The number of piperidine rings is 1. The van der Waals surface area contributed by atoms with Crippen molar-refractivity contribution in [3.8, 4) is 5.75 Å². The highest BCUT2D eigenvalue weighted by atomic mass is 16.5. The van der Waals surface area contributed by atoms with Gasteiger partial charge < -0.3 is 10.1 Å². The summed E-state index contributed by atoms with van der Waals surface area (Å²) in [4.78, 5) is 14.9. The number of benzene rings is 2. The second-order valence-electron chi connectivity index (χ2n) is 7.56. The normalized spacial score (nSPS) is 17.5. The molecule has 0 radical (unpaired) electrons. The standard InChI is InChI=1S/C23H30N2O2/c1-18-7-6-12-25(16-18)17-21-10-4-3-9-20(21)15-24-23(26)14-19-8-5-11-22(13-19)27-2/h3-5,8-11,13,18H,6-7,12,14-17H2,1-2H3,(H,24,26). The zero-order chi connectivity index (χ0) is 19.1. The van der Waals surface area contributed by atoms with Gasteiger partial charge in [0, 0.05) is 19.6 Å². The van der Waals surface area contributed by atoms with Crippen molar-refractivity contribution in [2.75, 3.05) is 20.2 Å². The molecule has 2 aromatic carbocycles. The highest BCUT2D eigenvalue weighted by Crippen LogP contribution is 2.19. The van der Waals surface area contributed by atoms with Crippen molar-refractivity contribution < 1.29 is 9.53 Å². The summed E-state index contributed by atoms with van der Waals surface area (Å²) in [5, 5.41) is 3.07. The summed E-state index contributed by atoms with van der Waals surface area (Å²) >= 11 is 0. The van der Waals surface area contributed by atoms with E-state index in [1.54, 1.807) is 7.11 Å². The Hall–Kier alpha value is -2.33.